The van der Waals surface area contributed by atoms with Gasteiger partial charge in [0.05, 0.1) is 27.4 Å². The second-order valence-electron chi connectivity index (χ2n) is 4.90. The van der Waals surface area contributed by atoms with Crippen LogP contribution in [0.2, 0.25) is 0 Å². The van der Waals surface area contributed by atoms with E-state index in [-0.39, 0.29) is 0 Å². The van der Waals surface area contributed by atoms with E-state index < -0.39 is 12.0 Å². The predicted molar refractivity (Wildman–Crippen MR) is 73.7 cm³/mol. The van der Waals surface area contributed by atoms with Crippen LogP contribution >= 0.6 is 0 Å². The highest BCUT2D eigenvalue weighted by Gasteiger charge is 2.35. The van der Waals surface area contributed by atoms with Gasteiger partial charge in [0.15, 0.2) is 11.5 Å². The molecule has 0 aromatic heterocycles. The Morgan fingerprint density at radius 1 is 1.10 bits per heavy atom. The summed E-state index contributed by atoms with van der Waals surface area (Å²) in [6.07, 6.45) is 1.17. The van der Waals surface area contributed by atoms with Crippen LogP contribution in [-0.4, -0.2) is 32.7 Å². The van der Waals surface area contributed by atoms with E-state index in [1.54, 1.807) is 21.3 Å². The number of aliphatic hydroxyl groups is 1. The van der Waals surface area contributed by atoms with Crippen LogP contribution in [0, 0.1) is 12.8 Å². The molecule has 110 valence electrons. The van der Waals surface area contributed by atoms with Gasteiger partial charge in [-0.3, -0.25) is 0 Å². The van der Waals surface area contributed by atoms with Gasteiger partial charge in [-0.25, -0.2) is 0 Å². The first-order valence-electron chi connectivity index (χ1n) is 6.55. The molecule has 1 aliphatic carbocycles. The van der Waals surface area contributed by atoms with E-state index >= 15 is 0 Å². The molecule has 0 fully saturated rings. The Morgan fingerprint density at radius 2 is 1.70 bits per heavy atom. The van der Waals surface area contributed by atoms with Crippen molar-refractivity contribution in [3.63, 3.8) is 0 Å². The molecule has 0 bridgehead atoms. The zero-order valence-corrected chi connectivity index (χ0v) is 12.2. The van der Waals surface area contributed by atoms with Gasteiger partial charge in [0, 0.05) is 22.6 Å². The van der Waals surface area contributed by atoms with E-state index in [0.29, 0.717) is 35.7 Å². The van der Waals surface area contributed by atoms with Crippen molar-refractivity contribution in [3.8, 4) is 17.2 Å². The minimum absolute atomic E-state index is 0.408. The number of aldehydes is 1. The van der Waals surface area contributed by atoms with Crippen molar-refractivity contribution in [1.29, 1.82) is 0 Å². The predicted octanol–water partition coefficient (Wildman–Crippen LogP) is 1.82. The number of benzene rings is 1. The van der Waals surface area contributed by atoms with E-state index in [4.69, 9.17) is 14.2 Å². The summed E-state index contributed by atoms with van der Waals surface area (Å²) in [6.45, 7) is 1.84. The Kier molecular flexibility index (Phi) is 4.18. The number of methoxy groups -OCH3 is 3. The number of hydrogen-bond acceptors (Lipinski definition) is 5. The summed E-state index contributed by atoms with van der Waals surface area (Å²) in [5, 5.41) is 10.4. The second kappa shape index (κ2) is 5.71. The lowest BCUT2D eigenvalue weighted by atomic mass is 9.80. The molecule has 0 radical (unpaired) electrons. The van der Waals surface area contributed by atoms with Crippen LogP contribution in [0.15, 0.2) is 0 Å². The molecule has 2 atom stereocenters. The average Bonchev–Trinajstić information content (AvgIpc) is 2.46. The summed E-state index contributed by atoms with van der Waals surface area (Å²) in [7, 11) is 4.69. The molecule has 0 amide bonds. The van der Waals surface area contributed by atoms with Gasteiger partial charge < -0.3 is 24.1 Å². The van der Waals surface area contributed by atoms with Crippen molar-refractivity contribution in [1.82, 2.24) is 0 Å². The van der Waals surface area contributed by atoms with Crippen molar-refractivity contribution in [2.24, 2.45) is 5.92 Å². The van der Waals surface area contributed by atoms with E-state index in [9.17, 15) is 9.90 Å². The first-order chi connectivity index (χ1) is 9.60. The van der Waals surface area contributed by atoms with Gasteiger partial charge in [-0.2, -0.15) is 0 Å². The summed E-state index contributed by atoms with van der Waals surface area (Å²) < 4.78 is 16.3. The highest BCUT2D eigenvalue weighted by atomic mass is 16.5. The molecular weight excluding hydrogens is 260 g/mol. The lowest BCUT2D eigenvalue weighted by Crippen LogP contribution is -2.23. The zero-order valence-electron chi connectivity index (χ0n) is 12.2. The maximum atomic E-state index is 11.1. The second-order valence-corrected chi connectivity index (χ2v) is 4.90. The Labute approximate surface area is 118 Å². The third kappa shape index (κ3) is 2.02. The van der Waals surface area contributed by atoms with Gasteiger partial charge >= 0.3 is 0 Å². The summed E-state index contributed by atoms with van der Waals surface area (Å²) in [5.74, 6) is 1.38. The normalized spacial score (nSPS) is 21.1. The van der Waals surface area contributed by atoms with Crippen LogP contribution in [0.3, 0.4) is 0 Å². The fraction of sp³-hybridized carbons (Fsp3) is 0.533. The number of hydrogen-bond donors (Lipinski definition) is 1. The van der Waals surface area contributed by atoms with Gasteiger partial charge in [-0.15, -0.1) is 0 Å². The van der Waals surface area contributed by atoms with Crippen LogP contribution in [0.4, 0.5) is 0 Å². The third-order valence-corrected chi connectivity index (χ3v) is 3.95. The lowest BCUT2D eigenvalue weighted by Gasteiger charge is -2.31. The zero-order chi connectivity index (χ0) is 14.9. The quantitative estimate of drug-likeness (QED) is 0.852. The average molecular weight is 280 g/mol. The monoisotopic (exact) mass is 280 g/mol. The van der Waals surface area contributed by atoms with Crippen LogP contribution < -0.4 is 14.2 Å². The fourth-order valence-electron chi connectivity index (χ4n) is 2.98. The molecule has 0 aliphatic heterocycles. The molecule has 5 nitrogen and oxygen atoms in total. The van der Waals surface area contributed by atoms with Crippen LogP contribution in [0.25, 0.3) is 0 Å². The fourth-order valence-corrected chi connectivity index (χ4v) is 2.98. The number of fused-ring (bicyclic) bond motifs is 1. The summed E-state index contributed by atoms with van der Waals surface area (Å²) in [5.41, 5.74) is 2.26. The largest absolute Gasteiger partial charge is 0.496 e. The lowest BCUT2D eigenvalue weighted by molar-refractivity contribution is -0.115. The van der Waals surface area contributed by atoms with Crippen molar-refractivity contribution in [2.75, 3.05) is 21.3 Å². The molecule has 0 unspecified atom stereocenters. The Morgan fingerprint density at radius 3 is 2.20 bits per heavy atom. The van der Waals surface area contributed by atoms with Crippen molar-refractivity contribution in [3.05, 3.63) is 16.7 Å². The van der Waals surface area contributed by atoms with Gasteiger partial charge in [-0.05, 0) is 19.8 Å². The van der Waals surface area contributed by atoms with Crippen LogP contribution in [0.5, 0.6) is 17.2 Å². The minimum Gasteiger partial charge on any atom is -0.496 e. The minimum atomic E-state index is -0.871. The Bertz CT molecular complexity index is 524. The molecule has 20 heavy (non-hydrogen) atoms. The topological polar surface area (TPSA) is 65.0 Å². The smallest absolute Gasteiger partial charge is 0.167 e. The third-order valence-electron chi connectivity index (χ3n) is 3.95. The molecule has 1 aromatic rings. The number of carbonyl (C=O) groups excluding carboxylic acids is 1. The highest BCUT2D eigenvalue weighted by Crippen LogP contribution is 2.50. The van der Waals surface area contributed by atoms with Crippen LogP contribution in [0.1, 0.15) is 29.2 Å². The van der Waals surface area contributed by atoms with E-state index in [1.165, 1.54) is 0 Å². The first-order valence-corrected chi connectivity index (χ1v) is 6.55. The van der Waals surface area contributed by atoms with Crippen molar-refractivity contribution >= 4 is 6.29 Å². The standard InChI is InChI=1S/C15H20O5/c1-8-13(18-2)11-10(15(20-4)14(8)19-3)6-5-9(7-16)12(11)17/h7,9,12,17H,5-6H2,1-4H3/t9-,12+/m0/s1. The number of carbonyl (C=O) groups is 1. The van der Waals surface area contributed by atoms with Gasteiger partial charge in [0.2, 0.25) is 0 Å². The maximum absolute atomic E-state index is 11.1. The number of aliphatic hydroxyl groups excluding tert-OH is 1. The number of ether oxygens (including phenoxy) is 3. The molecule has 5 heteroatoms. The molecule has 0 saturated carbocycles. The van der Waals surface area contributed by atoms with Gasteiger partial charge in [0.25, 0.3) is 0 Å². The summed E-state index contributed by atoms with van der Waals surface area (Å²) in [6, 6.07) is 0. The molecule has 0 spiro atoms. The first kappa shape index (κ1) is 14.7. The van der Waals surface area contributed by atoms with Crippen molar-refractivity contribution < 1.29 is 24.1 Å². The molecule has 0 saturated heterocycles. The van der Waals surface area contributed by atoms with Crippen LogP contribution in [-0.2, 0) is 11.2 Å². The molecule has 1 N–H and O–H groups in total. The highest BCUT2D eigenvalue weighted by molar-refractivity contribution is 5.67. The van der Waals surface area contributed by atoms with Gasteiger partial charge in [-0.1, -0.05) is 0 Å². The summed E-state index contributed by atoms with van der Waals surface area (Å²) >= 11 is 0. The maximum Gasteiger partial charge on any atom is 0.167 e. The molecule has 0 heterocycles. The Hall–Kier alpha value is -1.75. The van der Waals surface area contributed by atoms with E-state index in [1.807, 2.05) is 6.92 Å². The molecule has 1 aliphatic rings. The van der Waals surface area contributed by atoms with Gasteiger partial charge in [0.1, 0.15) is 12.0 Å². The SMILES string of the molecule is COc1c(C)c(OC)c2c(c1OC)CC[C@@H](C=O)[C@H]2O. The molecule has 1 aromatic carbocycles. The Balaban J connectivity index is 2.75. The van der Waals surface area contributed by atoms with E-state index in [0.717, 1.165) is 17.4 Å². The molecular formula is C15H20O5. The van der Waals surface area contributed by atoms with Crippen molar-refractivity contribution in [2.45, 2.75) is 25.9 Å². The number of rotatable bonds is 4. The molecule has 2 rings (SSSR count). The van der Waals surface area contributed by atoms with E-state index in [2.05, 4.69) is 0 Å². The summed E-state index contributed by atoms with van der Waals surface area (Å²) in [4.78, 5) is 11.1.